The van der Waals surface area contributed by atoms with Gasteiger partial charge in [0.1, 0.15) is 5.75 Å². The zero-order valence-corrected chi connectivity index (χ0v) is 12.5. The summed E-state index contributed by atoms with van der Waals surface area (Å²) in [5, 5.41) is 12.6. The second-order valence-corrected chi connectivity index (χ2v) is 5.83. The summed E-state index contributed by atoms with van der Waals surface area (Å²) >= 11 is 0. The molecule has 0 aromatic heterocycles. The number of rotatable bonds is 4. The fraction of sp³-hybridized carbons (Fsp3) is 0.588. The molecular formula is C17H24N2O. The first-order chi connectivity index (χ1) is 9.72. The number of nitrogens with zero attached hydrogens (tertiary/aromatic N) is 1. The predicted molar refractivity (Wildman–Crippen MR) is 80.6 cm³/mol. The largest absolute Gasteiger partial charge is 0.496 e. The molecule has 0 saturated heterocycles. The Balaban J connectivity index is 1.97. The molecule has 0 radical (unpaired) electrons. The minimum absolute atomic E-state index is 0.593. The molecule has 0 spiro atoms. The van der Waals surface area contributed by atoms with Gasteiger partial charge >= 0.3 is 0 Å². The van der Waals surface area contributed by atoms with Gasteiger partial charge in [0.25, 0.3) is 0 Å². The molecule has 3 heteroatoms. The Hall–Kier alpha value is -1.53. The van der Waals surface area contributed by atoms with Crippen LogP contribution in [0.15, 0.2) is 18.2 Å². The topological polar surface area (TPSA) is 45.0 Å². The van der Waals surface area contributed by atoms with Crippen molar-refractivity contribution in [3.8, 4) is 11.8 Å². The maximum Gasteiger partial charge on any atom is 0.123 e. The van der Waals surface area contributed by atoms with Crippen LogP contribution in [0.1, 0.15) is 50.2 Å². The Labute approximate surface area is 121 Å². The molecule has 2 unspecified atom stereocenters. The number of methoxy groups -OCH3 is 1. The number of nitriles is 1. The van der Waals surface area contributed by atoms with Crippen molar-refractivity contribution in [2.75, 3.05) is 7.11 Å². The summed E-state index contributed by atoms with van der Waals surface area (Å²) in [7, 11) is 1.68. The number of benzene rings is 1. The van der Waals surface area contributed by atoms with Gasteiger partial charge in [-0.25, -0.2) is 0 Å². The Morgan fingerprint density at radius 3 is 2.90 bits per heavy atom. The highest BCUT2D eigenvalue weighted by Crippen LogP contribution is 2.24. The van der Waals surface area contributed by atoms with E-state index < -0.39 is 0 Å². The third-order valence-corrected chi connectivity index (χ3v) is 4.25. The molecule has 1 fully saturated rings. The molecule has 0 bridgehead atoms. The summed E-state index contributed by atoms with van der Waals surface area (Å²) < 4.78 is 5.38. The van der Waals surface area contributed by atoms with E-state index in [-0.39, 0.29) is 0 Å². The van der Waals surface area contributed by atoms with Crippen molar-refractivity contribution in [1.29, 1.82) is 5.26 Å². The van der Waals surface area contributed by atoms with Gasteiger partial charge in [0.05, 0.1) is 18.7 Å². The van der Waals surface area contributed by atoms with E-state index in [0.29, 0.717) is 11.6 Å². The first-order valence-corrected chi connectivity index (χ1v) is 7.53. The van der Waals surface area contributed by atoms with Crippen LogP contribution in [0.5, 0.6) is 5.75 Å². The molecule has 2 rings (SSSR count). The second kappa shape index (κ2) is 7.31. The van der Waals surface area contributed by atoms with Crippen LogP contribution in [-0.2, 0) is 6.54 Å². The highest BCUT2D eigenvalue weighted by molar-refractivity contribution is 5.42. The van der Waals surface area contributed by atoms with E-state index >= 15 is 0 Å². The smallest absolute Gasteiger partial charge is 0.123 e. The quantitative estimate of drug-likeness (QED) is 0.851. The van der Waals surface area contributed by atoms with Gasteiger partial charge in [-0.05, 0) is 43.4 Å². The molecule has 0 amide bonds. The van der Waals surface area contributed by atoms with Gasteiger partial charge in [-0.2, -0.15) is 5.26 Å². The highest BCUT2D eigenvalue weighted by Gasteiger charge is 2.16. The van der Waals surface area contributed by atoms with Crippen LogP contribution >= 0.6 is 0 Å². The van der Waals surface area contributed by atoms with E-state index in [1.807, 2.05) is 12.1 Å². The van der Waals surface area contributed by atoms with Crippen LogP contribution in [0.3, 0.4) is 0 Å². The lowest BCUT2D eigenvalue weighted by atomic mass is 10.0. The minimum Gasteiger partial charge on any atom is -0.496 e. The number of hydrogen-bond acceptors (Lipinski definition) is 3. The SMILES string of the molecule is COc1ccc(C#N)cc1CNC1CCCC(C)CC1. The van der Waals surface area contributed by atoms with Gasteiger partial charge in [-0.1, -0.05) is 19.8 Å². The lowest BCUT2D eigenvalue weighted by Crippen LogP contribution is -2.28. The molecule has 2 atom stereocenters. The molecule has 1 N–H and O–H groups in total. The lowest BCUT2D eigenvalue weighted by molar-refractivity contribution is 0.400. The van der Waals surface area contributed by atoms with Crippen molar-refractivity contribution in [3.63, 3.8) is 0 Å². The lowest BCUT2D eigenvalue weighted by Gasteiger charge is -2.17. The normalized spacial score (nSPS) is 22.9. The third kappa shape index (κ3) is 3.98. The van der Waals surface area contributed by atoms with Crippen LogP contribution in [0, 0.1) is 17.2 Å². The van der Waals surface area contributed by atoms with E-state index in [2.05, 4.69) is 18.3 Å². The van der Waals surface area contributed by atoms with Crippen molar-refractivity contribution in [3.05, 3.63) is 29.3 Å². The van der Waals surface area contributed by atoms with Gasteiger partial charge in [-0.3, -0.25) is 0 Å². The number of ether oxygens (including phenoxy) is 1. The average molecular weight is 272 g/mol. The van der Waals surface area contributed by atoms with Crippen LogP contribution < -0.4 is 10.1 Å². The van der Waals surface area contributed by atoms with E-state index in [1.54, 1.807) is 13.2 Å². The van der Waals surface area contributed by atoms with Crippen molar-refractivity contribution >= 4 is 0 Å². The maximum absolute atomic E-state index is 9.00. The van der Waals surface area contributed by atoms with Crippen LogP contribution in [-0.4, -0.2) is 13.2 Å². The Morgan fingerprint density at radius 2 is 2.15 bits per heavy atom. The van der Waals surface area contributed by atoms with Crippen LogP contribution in [0.25, 0.3) is 0 Å². The summed E-state index contributed by atoms with van der Waals surface area (Å²) in [6.45, 7) is 3.12. The summed E-state index contributed by atoms with van der Waals surface area (Å²) in [5.74, 6) is 1.72. The maximum atomic E-state index is 9.00. The molecule has 108 valence electrons. The van der Waals surface area contributed by atoms with Crippen molar-refractivity contribution < 1.29 is 4.74 Å². The Kier molecular flexibility index (Phi) is 5.43. The van der Waals surface area contributed by atoms with E-state index in [1.165, 1.54) is 32.1 Å². The molecule has 0 heterocycles. The minimum atomic E-state index is 0.593. The Bertz CT molecular complexity index is 478. The van der Waals surface area contributed by atoms with Gasteiger partial charge < -0.3 is 10.1 Å². The number of nitrogens with one attached hydrogen (secondary N) is 1. The fourth-order valence-corrected chi connectivity index (χ4v) is 2.93. The second-order valence-electron chi connectivity index (χ2n) is 5.83. The van der Waals surface area contributed by atoms with Crippen molar-refractivity contribution in [1.82, 2.24) is 5.32 Å². The van der Waals surface area contributed by atoms with E-state index in [0.717, 1.165) is 23.8 Å². The molecule has 1 aliphatic carbocycles. The Morgan fingerprint density at radius 1 is 1.30 bits per heavy atom. The average Bonchev–Trinajstić information content (AvgIpc) is 2.69. The van der Waals surface area contributed by atoms with Crippen LogP contribution in [0.2, 0.25) is 0 Å². The number of hydrogen-bond donors (Lipinski definition) is 1. The molecule has 0 aliphatic heterocycles. The molecule has 1 aromatic rings. The van der Waals surface area contributed by atoms with E-state index in [9.17, 15) is 0 Å². The third-order valence-electron chi connectivity index (χ3n) is 4.25. The molecule has 20 heavy (non-hydrogen) atoms. The van der Waals surface area contributed by atoms with Crippen LogP contribution in [0.4, 0.5) is 0 Å². The zero-order valence-electron chi connectivity index (χ0n) is 12.5. The highest BCUT2D eigenvalue weighted by atomic mass is 16.5. The molecule has 3 nitrogen and oxygen atoms in total. The molecule has 1 aromatic carbocycles. The van der Waals surface area contributed by atoms with Crippen molar-refractivity contribution in [2.24, 2.45) is 5.92 Å². The van der Waals surface area contributed by atoms with Crippen molar-refractivity contribution in [2.45, 2.75) is 51.6 Å². The monoisotopic (exact) mass is 272 g/mol. The standard InChI is InChI=1S/C17H24N2O/c1-13-4-3-5-16(8-6-13)19-12-15-10-14(11-18)7-9-17(15)20-2/h7,9-10,13,16,19H,3-6,8,12H2,1-2H3. The first-order valence-electron chi connectivity index (χ1n) is 7.53. The summed E-state index contributed by atoms with van der Waals surface area (Å²) in [6.07, 6.45) is 6.48. The van der Waals surface area contributed by atoms with Gasteiger partial charge in [0.15, 0.2) is 0 Å². The molecular weight excluding hydrogens is 248 g/mol. The first kappa shape index (κ1) is 14.9. The summed E-state index contributed by atoms with van der Waals surface area (Å²) in [5.41, 5.74) is 1.76. The molecule has 1 saturated carbocycles. The van der Waals surface area contributed by atoms with Gasteiger partial charge in [0, 0.05) is 18.2 Å². The van der Waals surface area contributed by atoms with Gasteiger partial charge in [0.2, 0.25) is 0 Å². The summed E-state index contributed by atoms with van der Waals surface area (Å²) in [4.78, 5) is 0. The van der Waals surface area contributed by atoms with Gasteiger partial charge in [-0.15, -0.1) is 0 Å². The predicted octanol–water partition coefficient (Wildman–Crippen LogP) is 3.63. The molecule has 1 aliphatic rings. The van der Waals surface area contributed by atoms with E-state index in [4.69, 9.17) is 10.00 Å². The summed E-state index contributed by atoms with van der Waals surface area (Å²) in [6, 6.07) is 8.38. The zero-order chi connectivity index (χ0) is 14.4. The fourth-order valence-electron chi connectivity index (χ4n) is 2.93.